The minimum absolute atomic E-state index is 0. The maximum atomic E-state index is 8.49. The fourth-order valence-corrected chi connectivity index (χ4v) is 0.215. The van der Waals surface area contributed by atoms with E-state index in [-0.39, 0.29) is 56.9 Å². The maximum Gasteiger partial charge on any atom is 1.00 e. The van der Waals surface area contributed by atoms with Gasteiger partial charge in [0.15, 0.2) is 7.69 Å². The number of aromatic amines is 1. The summed E-state index contributed by atoms with van der Waals surface area (Å²) in [5, 5.41) is 21.7. The molecular formula is C3H8BKN2O3. The first kappa shape index (κ1) is 17.0. The van der Waals surface area contributed by atoms with Crippen molar-refractivity contribution >= 4 is 7.69 Å². The Kier molecular flexibility index (Phi) is 28.0. The van der Waals surface area contributed by atoms with Crippen molar-refractivity contribution in [2.45, 2.75) is 0 Å². The maximum absolute atomic E-state index is 8.49. The second-order valence-electron chi connectivity index (χ2n) is 0.895. The molecule has 1 aromatic rings. The normalized spacial score (nSPS) is 5.40. The molecule has 0 aromatic carbocycles. The van der Waals surface area contributed by atoms with Crippen LogP contribution in [0.4, 0.5) is 0 Å². The number of nitrogens with one attached hydrogen (secondary N) is 1. The van der Waals surface area contributed by atoms with Gasteiger partial charge in [-0.15, -0.1) is 0 Å². The predicted molar refractivity (Wildman–Crippen MR) is 31.6 cm³/mol. The zero-order chi connectivity index (χ0) is 6.24. The van der Waals surface area contributed by atoms with Gasteiger partial charge in [-0.05, 0) is 6.07 Å². The van der Waals surface area contributed by atoms with Crippen LogP contribution in [0, 0.1) is 0 Å². The molecule has 0 aliphatic carbocycles. The standard InChI is InChI=1S/C3H4N2.BH2O2.K.H2O/c1-2-4-5-3-1;2-1-3;;/h1-3H,(H,4,5);1-2H;;1H2/q;-1;+1;. The van der Waals surface area contributed by atoms with Crippen molar-refractivity contribution in [2.24, 2.45) is 0 Å². The summed E-state index contributed by atoms with van der Waals surface area (Å²) >= 11 is 0. The summed E-state index contributed by atoms with van der Waals surface area (Å²) in [5.41, 5.74) is 0. The van der Waals surface area contributed by atoms with Crippen LogP contribution in [0.1, 0.15) is 0 Å². The van der Waals surface area contributed by atoms with E-state index < -0.39 is 7.69 Å². The monoisotopic (exact) mass is 170 g/mol. The number of hydrogen-bond acceptors (Lipinski definition) is 3. The van der Waals surface area contributed by atoms with Crippen LogP contribution < -0.4 is 56.4 Å². The van der Waals surface area contributed by atoms with Gasteiger partial charge >= 0.3 is 51.4 Å². The van der Waals surface area contributed by atoms with Gasteiger partial charge in [0.05, 0.1) is 0 Å². The molecule has 0 saturated heterocycles. The van der Waals surface area contributed by atoms with Gasteiger partial charge in [-0.25, -0.2) is 0 Å². The van der Waals surface area contributed by atoms with E-state index in [4.69, 9.17) is 10.0 Å². The number of rotatable bonds is 0. The Morgan fingerprint density at radius 2 is 2.10 bits per heavy atom. The largest absolute Gasteiger partial charge is 1.00 e. The molecular weight excluding hydrogens is 162 g/mol. The van der Waals surface area contributed by atoms with Crippen molar-refractivity contribution in [1.29, 1.82) is 0 Å². The van der Waals surface area contributed by atoms with Crippen LogP contribution in [-0.2, 0) is 0 Å². The molecule has 0 spiro atoms. The Bertz CT molecular complexity index is 88.6. The van der Waals surface area contributed by atoms with Crippen LogP contribution in [0.15, 0.2) is 18.5 Å². The Labute approximate surface area is 102 Å². The zero-order valence-electron chi connectivity index (χ0n) is 5.74. The molecule has 1 rings (SSSR count). The fourth-order valence-electron chi connectivity index (χ4n) is 0.215. The van der Waals surface area contributed by atoms with Crippen molar-refractivity contribution in [1.82, 2.24) is 10.2 Å². The quantitative estimate of drug-likeness (QED) is 0.379. The van der Waals surface area contributed by atoms with Crippen LogP contribution in [0.25, 0.3) is 0 Å². The molecule has 52 valence electrons. The van der Waals surface area contributed by atoms with Crippen molar-refractivity contribution in [2.75, 3.05) is 0 Å². The molecule has 0 saturated carbocycles. The molecule has 0 amide bonds. The Morgan fingerprint density at radius 1 is 1.60 bits per heavy atom. The first-order chi connectivity index (χ1) is 3.91. The minimum Gasteiger partial charge on any atom is -0.859 e. The van der Waals surface area contributed by atoms with E-state index >= 15 is 0 Å². The summed E-state index contributed by atoms with van der Waals surface area (Å²) < 4.78 is 0. The summed E-state index contributed by atoms with van der Waals surface area (Å²) in [4.78, 5) is 0. The summed E-state index contributed by atoms with van der Waals surface area (Å²) in [7, 11) is -1.00. The molecule has 0 radical (unpaired) electrons. The molecule has 0 fully saturated rings. The number of H-pyrrole nitrogens is 1. The van der Waals surface area contributed by atoms with E-state index in [1.165, 1.54) is 0 Å². The second kappa shape index (κ2) is 16.4. The van der Waals surface area contributed by atoms with Crippen LogP contribution in [0.3, 0.4) is 0 Å². The Hall–Kier alpha value is 0.791. The summed E-state index contributed by atoms with van der Waals surface area (Å²) in [5.74, 6) is 0. The first-order valence-corrected chi connectivity index (χ1v) is 2.04. The van der Waals surface area contributed by atoms with Crippen molar-refractivity contribution in [3.05, 3.63) is 18.5 Å². The average molecular weight is 170 g/mol. The third-order valence-corrected chi connectivity index (χ3v) is 0.406. The molecule has 0 bridgehead atoms. The molecule has 0 aliphatic rings. The van der Waals surface area contributed by atoms with Gasteiger partial charge in [0.2, 0.25) is 0 Å². The molecule has 10 heavy (non-hydrogen) atoms. The minimum atomic E-state index is -1.00. The molecule has 0 atom stereocenters. The van der Waals surface area contributed by atoms with Crippen molar-refractivity contribution < 1.29 is 66.9 Å². The van der Waals surface area contributed by atoms with Gasteiger partial charge in [0.25, 0.3) is 0 Å². The average Bonchev–Trinajstić information content (AvgIpc) is 2.17. The molecule has 0 aliphatic heterocycles. The Balaban J connectivity index is -0.0000000900. The molecule has 1 heterocycles. The van der Waals surface area contributed by atoms with Crippen molar-refractivity contribution in [3.8, 4) is 0 Å². The van der Waals surface area contributed by atoms with E-state index in [9.17, 15) is 0 Å². The summed E-state index contributed by atoms with van der Waals surface area (Å²) in [6, 6.07) is 1.83. The smallest absolute Gasteiger partial charge is 0.859 e. The van der Waals surface area contributed by atoms with E-state index in [1.54, 1.807) is 12.4 Å². The third-order valence-electron chi connectivity index (χ3n) is 0.406. The van der Waals surface area contributed by atoms with E-state index in [1.807, 2.05) is 6.07 Å². The number of aromatic nitrogens is 2. The van der Waals surface area contributed by atoms with Gasteiger partial charge in [0, 0.05) is 12.4 Å². The molecule has 0 unspecified atom stereocenters. The van der Waals surface area contributed by atoms with Crippen LogP contribution in [0.2, 0.25) is 0 Å². The van der Waals surface area contributed by atoms with E-state index in [0.717, 1.165) is 0 Å². The molecule has 5 nitrogen and oxygen atoms in total. The molecule has 4 N–H and O–H groups in total. The second-order valence-corrected chi connectivity index (χ2v) is 0.895. The van der Waals surface area contributed by atoms with Gasteiger partial charge < -0.3 is 15.5 Å². The van der Waals surface area contributed by atoms with Gasteiger partial charge in [-0.2, -0.15) is 5.10 Å². The number of nitrogens with zero attached hydrogens (tertiary/aromatic N) is 1. The van der Waals surface area contributed by atoms with Crippen LogP contribution >= 0.6 is 0 Å². The van der Waals surface area contributed by atoms with E-state index in [0.29, 0.717) is 0 Å². The van der Waals surface area contributed by atoms with Gasteiger partial charge in [-0.1, -0.05) is 0 Å². The van der Waals surface area contributed by atoms with Crippen LogP contribution in [0.5, 0.6) is 0 Å². The number of hydrogen-bond donors (Lipinski definition) is 2. The molecule has 7 heteroatoms. The van der Waals surface area contributed by atoms with Crippen LogP contribution in [-0.4, -0.2) is 28.4 Å². The van der Waals surface area contributed by atoms with Crippen molar-refractivity contribution in [3.63, 3.8) is 0 Å². The zero-order valence-corrected chi connectivity index (χ0v) is 8.86. The Morgan fingerprint density at radius 3 is 2.20 bits per heavy atom. The van der Waals surface area contributed by atoms with Gasteiger partial charge in [0.1, 0.15) is 0 Å². The molecule has 1 aromatic heterocycles. The predicted octanol–water partition coefficient (Wildman–Crippen LogP) is -5.81. The third kappa shape index (κ3) is 15.9. The SMILES string of the molecule is O.[K+].[O-]BO.c1cn[nH]c1. The summed E-state index contributed by atoms with van der Waals surface area (Å²) in [6.07, 6.45) is 3.46. The van der Waals surface area contributed by atoms with E-state index in [2.05, 4.69) is 10.2 Å². The topological polar surface area (TPSA) is 103 Å². The first-order valence-electron chi connectivity index (χ1n) is 2.04. The van der Waals surface area contributed by atoms with Gasteiger partial charge in [-0.3, -0.25) is 5.10 Å². The fraction of sp³-hybridized carbons (Fsp3) is 0. The summed E-state index contributed by atoms with van der Waals surface area (Å²) in [6.45, 7) is 0.